The smallest absolute Gasteiger partial charge is 0.249 e. The second kappa shape index (κ2) is 11.6. The number of amides is 2. The number of hydrazone groups is 1. The van der Waals surface area contributed by atoms with E-state index in [1.165, 1.54) is 6.21 Å². The minimum Gasteiger partial charge on any atom is -0.493 e. The van der Waals surface area contributed by atoms with Crippen LogP contribution in [0.3, 0.4) is 0 Å². The lowest BCUT2D eigenvalue weighted by Gasteiger charge is -2.12. The molecule has 0 aliphatic rings. The Labute approximate surface area is 186 Å². The number of ether oxygens (including phenoxy) is 2. The third kappa shape index (κ3) is 7.17. The molecule has 29 heavy (non-hydrogen) atoms. The number of rotatable bonds is 9. The first kappa shape index (κ1) is 22.9. The van der Waals surface area contributed by atoms with E-state index in [1.54, 1.807) is 37.4 Å². The Hall–Kier alpha value is -2.39. The minimum atomic E-state index is -0.528. The minimum absolute atomic E-state index is 0.352. The largest absolute Gasteiger partial charge is 0.493 e. The number of carbonyl (C=O) groups is 2. The fraction of sp³-hybridized carbons (Fsp3) is 0.250. The molecule has 0 saturated heterocycles. The normalized spacial score (nSPS) is 10.6. The molecular formula is C20H21Br2N3O4. The van der Waals surface area contributed by atoms with Gasteiger partial charge in [-0.05, 0) is 68.1 Å². The third-order valence-electron chi connectivity index (χ3n) is 3.57. The van der Waals surface area contributed by atoms with Crippen molar-refractivity contribution in [3.63, 3.8) is 0 Å². The maximum absolute atomic E-state index is 12.0. The van der Waals surface area contributed by atoms with Crippen molar-refractivity contribution < 1.29 is 19.1 Å². The van der Waals surface area contributed by atoms with Gasteiger partial charge < -0.3 is 14.8 Å². The van der Waals surface area contributed by atoms with Gasteiger partial charge in [0.15, 0.2) is 11.5 Å². The van der Waals surface area contributed by atoms with E-state index in [0.29, 0.717) is 33.8 Å². The van der Waals surface area contributed by atoms with Crippen LogP contribution < -0.4 is 20.2 Å². The van der Waals surface area contributed by atoms with Crippen molar-refractivity contribution >= 4 is 55.6 Å². The van der Waals surface area contributed by atoms with E-state index >= 15 is 0 Å². The molecular weight excluding hydrogens is 506 g/mol. The first-order valence-electron chi connectivity index (χ1n) is 8.81. The predicted molar refractivity (Wildman–Crippen MR) is 120 cm³/mol. The molecule has 0 bridgehead atoms. The molecule has 0 radical (unpaired) electrons. The number of para-hydroxylation sites is 1. The Morgan fingerprint density at radius 2 is 1.90 bits per heavy atom. The summed E-state index contributed by atoms with van der Waals surface area (Å²) < 4.78 is 12.5. The van der Waals surface area contributed by atoms with Crippen LogP contribution in [-0.4, -0.2) is 31.7 Å². The Bertz CT molecular complexity index is 903. The molecule has 2 rings (SSSR count). The van der Waals surface area contributed by atoms with Gasteiger partial charge in [-0.3, -0.25) is 9.59 Å². The standard InChI is InChI=1S/C20H21Br2N3O4/c1-3-8-29-20-15(22)9-13(10-17(20)28-2)12-23-25-19(27)11-18(26)24-16-7-5-4-6-14(16)21/h4-7,9-10,12H,3,8,11H2,1-2H3,(H,24,26)(H,25,27). The molecule has 2 aromatic carbocycles. The molecule has 0 heterocycles. The van der Waals surface area contributed by atoms with E-state index in [-0.39, 0.29) is 6.42 Å². The third-order valence-corrected chi connectivity index (χ3v) is 4.85. The first-order chi connectivity index (χ1) is 13.9. The highest BCUT2D eigenvalue weighted by atomic mass is 79.9. The molecule has 0 saturated carbocycles. The summed E-state index contributed by atoms with van der Waals surface area (Å²) >= 11 is 6.78. The van der Waals surface area contributed by atoms with Crippen molar-refractivity contribution in [1.29, 1.82) is 0 Å². The molecule has 0 aromatic heterocycles. The van der Waals surface area contributed by atoms with Gasteiger partial charge >= 0.3 is 0 Å². The summed E-state index contributed by atoms with van der Waals surface area (Å²) in [6.07, 6.45) is 1.98. The van der Waals surface area contributed by atoms with Crippen LogP contribution in [0.25, 0.3) is 0 Å². The lowest BCUT2D eigenvalue weighted by Crippen LogP contribution is -2.24. The van der Waals surface area contributed by atoms with Crippen LogP contribution >= 0.6 is 31.9 Å². The van der Waals surface area contributed by atoms with Crippen molar-refractivity contribution in [1.82, 2.24) is 5.43 Å². The van der Waals surface area contributed by atoms with Crippen LogP contribution in [0.1, 0.15) is 25.3 Å². The van der Waals surface area contributed by atoms with Crippen LogP contribution in [0.5, 0.6) is 11.5 Å². The van der Waals surface area contributed by atoms with Gasteiger partial charge in [0.05, 0.1) is 30.1 Å². The Kier molecular flexibility index (Phi) is 9.14. The number of nitrogens with zero attached hydrogens (tertiary/aromatic N) is 1. The zero-order valence-corrected chi connectivity index (χ0v) is 19.2. The number of nitrogens with one attached hydrogen (secondary N) is 2. The number of hydrogen-bond acceptors (Lipinski definition) is 5. The van der Waals surface area contributed by atoms with Crippen LogP contribution in [-0.2, 0) is 9.59 Å². The zero-order valence-electron chi connectivity index (χ0n) is 16.0. The van der Waals surface area contributed by atoms with Crippen molar-refractivity contribution in [2.75, 3.05) is 19.0 Å². The van der Waals surface area contributed by atoms with E-state index in [9.17, 15) is 9.59 Å². The molecule has 0 spiro atoms. The second-order valence-corrected chi connectivity index (χ2v) is 7.59. The van der Waals surface area contributed by atoms with Gasteiger partial charge in [-0.1, -0.05) is 19.1 Å². The molecule has 2 amide bonds. The summed E-state index contributed by atoms with van der Waals surface area (Å²) in [5, 5.41) is 6.56. The summed E-state index contributed by atoms with van der Waals surface area (Å²) in [7, 11) is 1.55. The lowest BCUT2D eigenvalue weighted by atomic mass is 10.2. The number of benzene rings is 2. The SMILES string of the molecule is CCCOc1c(Br)cc(C=NNC(=O)CC(=O)Nc2ccccc2Br)cc1OC. The quantitative estimate of drug-likeness (QED) is 0.286. The second-order valence-electron chi connectivity index (χ2n) is 5.88. The van der Waals surface area contributed by atoms with Crippen molar-refractivity contribution in [3.8, 4) is 11.5 Å². The molecule has 2 N–H and O–H groups in total. The lowest BCUT2D eigenvalue weighted by molar-refractivity contribution is -0.126. The maximum atomic E-state index is 12.0. The molecule has 154 valence electrons. The molecule has 9 heteroatoms. The molecule has 0 aliphatic heterocycles. The first-order valence-corrected chi connectivity index (χ1v) is 10.4. The summed E-state index contributed by atoms with van der Waals surface area (Å²) in [6.45, 7) is 2.59. The number of anilines is 1. The topological polar surface area (TPSA) is 89.0 Å². The number of carbonyl (C=O) groups excluding carboxylic acids is 2. The zero-order chi connectivity index (χ0) is 21.2. The van der Waals surface area contributed by atoms with E-state index in [1.807, 2.05) is 13.0 Å². The molecule has 0 fully saturated rings. The Morgan fingerprint density at radius 1 is 1.14 bits per heavy atom. The van der Waals surface area contributed by atoms with Gasteiger partial charge in [0.1, 0.15) is 6.42 Å². The Balaban J connectivity index is 1.93. The molecule has 0 unspecified atom stereocenters. The Morgan fingerprint density at radius 3 is 2.59 bits per heavy atom. The van der Waals surface area contributed by atoms with Crippen LogP contribution in [0, 0.1) is 0 Å². The van der Waals surface area contributed by atoms with Gasteiger partial charge in [0.2, 0.25) is 11.8 Å². The van der Waals surface area contributed by atoms with Crippen LogP contribution in [0.2, 0.25) is 0 Å². The number of methoxy groups -OCH3 is 1. The summed E-state index contributed by atoms with van der Waals surface area (Å²) in [6, 6.07) is 10.7. The predicted octanol–water partition coefficient (Wildman–Crippen LogP) is 4.49. The average molecular weight is 527 g/mol. The maximum Gasteiger partial charge on any atom is 0.249 e. The van der Waals surface area contributed by atoms with E-state index in [2.05, 4.69) is 47.7 Å². The fourth-order valence-corrected chi connectivity index (χ4v) is 3.24. The fourth-order valence-electron chi connectivity index (χ4n) is 2.28. The number of hydrogen-bond donors (Lipinski definition) is 2. The van der Waals surface area contributed by atoms with Gasteiger partial charge in [0, 0.05) is 4.47 Å². The van der Waals surface area contributed by atoms with E-state index < -0.39 is 11.8 Å². The highest BCUT2D eigenvalue weighted by Crippen LogP contribution is 2.36. The summed E-state index contributed by atoms with van der Waals surface area (Å²) in [5.41, 5.74) is 3.62. The van der Waals surface area contributed by atoms with Gasteiger partial charge in [-0.15, -0.1) is 0 Å². The van der Waals surface area contributed by atoms with Crippen LogP contribution in [0.4, 0.5) is 5.69 Å². The molecule has 0 aliphatic carbocycles. The highest BCUT2D eigenvalue weighted by molar-refractivity contribution is 9.11. The van der Waals surface area contributed by atoms with E-state index in [4.69, 9.17) is 9.47 Å². The van der Waals surface area contributed by atoms with Gasteiger partial charge in [-0.25, -0.2) is 5.43 Å². The number of halogens is 2. The van der Waals surface area contributed by atoms with Crippen molar-refractivity contribution in [2.24, 2.45) is 5.10 Å². The molecule has 0 atom stereocenters. The van der Waals surface area contributed by atoms with Gasteiger partial charge in [-0.2, -0.15) is 5.10 Å². The van der Waals surface area contributed by atoms with Crippen LogP contribution in [0.15, 0.2) is 50.4 Å². The highest BCUT2D eigenvalue weighted by Gasteiger charge is 2.12. The van der Waals surface area contributed by atoms with Crippen molar-refractivity contribution in [2.45, 2.75) is 19.8 Å². The van der Waals surface area contributed by atoms with E-state index in [0.717, 1.165) is 10.9 Å². The van der Waals surface area contributed by atoms with Crippen molar-refractivity contribution in [3.05, 3.63) is 50.9 Å². The average Bonchev–Trinajstić information content (AvgIpc) is 2.68. The molecule has 2 aromatic rings. The van der Waals surface area contributed by atoms with Gasteiger partial charge in [0.25, 0.3) is 0 Å². The molecule has 7 nitrogen and oxygen atoms in total. The monoisotopic (exact) mass is 525 g/mol. The summed E-state index contributed by atoms with van der Waals surface area (Å²) in [5.74, 6) is 0.193. The summed E-state index contributed by atoms with van der Waals surface area (Å²) in [4.78, 5) is 23.9.